The number of aliphatic hydroxyl groups excluding tert-OH is 2. The summed E-state index contributed by atoms with van der Waals surface area (Å²) in [6.45, 7) is 18.8. The second-order valence-corrected chi connectivity index (χ2v) is 13.0. The summed E-state index contributed by atoms with van der Waals surface area (Å²) in [6.07, 6.45) is 16.8. The summed E-state index contributed by atoms with van der Waals surface area (Å²) in [4.78, 5) is 0. The first-order chi connectivity index (χ1) is 14.9. The lowest BCUT2D eigenvalue weighted by Gasteiger charge is -2.43. The van der Waals surface area contributed by atoms with Crippen molar-refractivity contribution in [3.05, 3.63) is 0 Å². The van der Waals surface area contributed by atoms with Gasteiger partial charge in [0.2, 0.25) is 0 Å². The first kappa shape index (κ1) is 30.0. The van der Waals surface area contributed by atoms with Gasteiger partial charge in [0.25, 0.3) is 0 Å². The van der Waals surface area contributed by atoms with Crippen LogP contribution in [0.15, 0.2) is 0 Å². The highest BCUT2D eigenvalue weighted by atomic mass is 16.3. The van der Waals surface area contributed by atoms with Crippen LogP contribution >= 0.6 is 0 Å². The topological polar surface area (TPSA) is 40.5 Å². The normalized spacial score (nSPS) is 31.3. The molecule has 2 aliphatic carbocycles. The number of hydrogen-bond acceptors (Lipinski definition) is 2. The molecule has 2 heteroatoms. The Bertz CT molecular complexity index is 439. The van der Waals surface area contributed by atoms with Gasteiger partial charge in [0.15, 0.2) is 0 Å². The lowest BCUT2D eigenvalue weighted by molar-refractivity contribution is 0.0557. The molecule has 0 aromatic carbocycles. The molecule has 0 spiro atoms. The van der Waals surface area contributed by atoms with Gasteiger partial charge >= 0.3 is 0 Å². The van der Waals surface area contributed by atoms with E-state index in [1.165, 1.54) is 51.4 Å². The molecule has 2 aliphatic rings. The van der Waals surface area contributed by atoms with Crippen LogP contribution in [-0.4, -0.2) is 22.4 Å². The highest BCUT2D eigenvalue weighted by Crippen LogP contribution is 2.47. The Hall–Kier alpha value is -0.0800. The Kier molecular flexibility index (Phi) is 13.4. The van der Waals surface area contributed by atoms with Gasteiger partial charge in [-0.15, -0.1) is 0 Å². The molecule has 192 valence electrons. The molecule has 2 rings (SSSR count). The third-order valence-corrected chi connectivity index (χ3v) is 9.21. The summed E-state index contributed by atoms with van der Waals surface area (Å²) in [5.74, 6) is 3.32. The van der Waals surface area contributed by atoms with Gasteiger partial charge in [0, 0.05) is 0 Å². The fourth-order valence-corrected chi connectivity index (χ4v) is 7.12. The molecule has 0 amide bonds. The van der Waals surface area contributed by atoms with Gasteiger partial charge < -0.3 is 10.2 Å². The third-order valence-electron chi connectivity index (χ3n) is 9.21. The predicted molar refractivity (Wildman–Crippen MR) is 141 cm³/mol. The largest absolute Gasteiger partial charge is 0.393 e. The first-order valence-electron chi connectivity index (χ1n) is 14.3. The minimum Gasteiger partial charge on any atom is -0.393 e. The fourth-order valence-electron chi connectivity index (χ4n) is 7.12. The van der Waals surface area contributed by atoms with Crippen LogP contribution in [0.25, 0.3) is 0 Å². The molecule has 2 N–H and O–H groups in total. The van der Waals surface area contributed by atoms with Crippen molar-refractivity contribution in [3.63, 3.8) is 0 Å². The molecule has 0 bridgehead atoms. The van der Waals surface area contributed by atoms with Gasteiger partial charge in [-0.25, -0.2) is 0 Å². The van der Waals surface area contributed by atoms with Crippen molar-refractivity contribution in [1.29, 1.82) is 0 Å². The van der Waals surface area contributed by atoms with Crippen molar-refractivity contribution in [3.8, 4) is 0 Å². The molecule has 0 aliphatic heterocycles. The zero-order chi connectivity index (χ0) is 24.4. The molecule has 0 aromatic heterocycles. The second-order valence-electron chi connectivity index (χ2n) is 13.0. The van der Waals surface area contributed by atoms with Crippen LogP contribution in [0.5, 0.6) is 0 Å². The maximum absolute atomic E-state index is 9.84. The van der Waals surface area contributed by atoms with Gasteiger partial charge in [-0.3, -0.25) is 0 Å². The van der Waals surface area contributed by atoms with E-state index in [4.69, 9.17) is 0 Å². The van der Waals surface area contributed by atoms with Crippen LogP contribution in [0.1, 0.15) is 145 Å². The van der Waals surface area contributed by atoms with Crippen molar-refractivity contribution >= 4 is 0 Å². The Balaban J connectivity index is 0.000000320. The minimum atomic E-state index is -0.0603. The minimum absolute atomic E-state index is 0.0603. The monoisotopic (exact) mass is 452 g/mol. The molecule has 0 heterocycles. The Labute approximate surface area is 202 Å². The van der Waals surface area contributed by atoms with Crippen LogP contribution in [-0.2, 0) is 0 Å². The van der Waals surface area contributed by atoms with E-state index in [2.05, 4.69) is 55.4 Å². The molecule has 0 radical (unpaired) electrons. The van der Waals surface area contributed by atoms with Crippen molar-refractivity contribution in [2.24, 2.45) is 34.5 Å². The smallest absolute Gasteiger partial charge is 0.0540 e. The third kappa shape index (κ3) is 10.0. The standard InChI is InChI=1S/2C15H30O/c2*1-5-7-13(16)9-10-14-12(2)8-6-11-15(14,3)4/h2*12-14,16H,5-11H2,1-4H3/t2*12?,13?,14-/m00/s1. The van der Waals surface area contributed by atoms with Crippen LogP contribution in [0.3, 0.4) is 0 Å². The number of hydrogen-bond donors (Lipinski definition) is 2. The van der Waals surface area contributed by atoms with Gasteiger partial charge in [-0.1, -0.05) is 93.9 Å². The van der Waals surface area contributed by atoms with Gasteiger partial charge in [-0.05, 0) is 85.9 Å². The highest BCUT2D eigenvalue weighted by molar-refractivity contribution is 4.87. The molecule has 0 saturated heterocycles. The fraction of sp³-hybridized carbons (Fsp3) is 1.00. The average molecular weight is 453 g/mol. The Morgan fingerprint density at radius 3 is 1.28 bits per heavy atom. The number of rotatable bonds is 10. The maximum atomic E-state index is 9.84. The summed E-state index contributed by atoms with van der Waals surface area (Å²) in [5, 5.41) is 19.7. The van der Waals surface area contributed by atoms with Crippen LogP contribution in [0.2, 0.25) is 0 Å². The van der Waals surface area contributed by atoms with E-state index in [0.717, 1.165) is 62.2 Å². The molecule has 6 atom stereocenters. The molecule has 32 heavy (non-hydrogen) atoms. The molecule has 2 fully saturated rings. The van der Waals surface area contributed by atoms with Crippen molar-refractivity contribution in [1.82, 2.24) is 0 Å². The van der Waals surface area contributed by atoms with E-state index in [-0.39, 0.29) is 12.2 Å². The zero-order valence-electron chi connectivity index (χ0n) is 23.3. The summed E-state index contributed by atoms with van der Waals surface area (Å²) in [5.41, 5.74) is 0.979. The van der Waals surface area contributed by atoms with E-state index in [1.807, 2.05) is 0 Å². The van der Waals surface area contributed by atoms with Gasteiger partial charge in [-0.2, -0.15) is 0 Å². The van der Waals surface area contributed by atoms with E-state index >= 15 is 0 Å². The van der Waals surface area contributed by atoms with Crippen LogP contribution in [0, 0.1) is 34.5 Å². The molecular weight excluding hydrogens is 392 g/mol. The Morgan fingerprint density at radius 1 is 0.656 bits per heavy atom. The molecule has 2 saturated carbocycles. The summed E-state index contributed by atoms with van der Waals surface area (Å²) in [6, 6.07) is 0. The SMILES string of the molecule is CCCC(O)CC[C@H]1C(C)CCCC1(C)C.CCCC(O)CC[C@H]1C(C)CCCC1(C)C. The van der Waals surface area contributed by atoms with Crippen molar-refractivity contribution < 1.29 is 10.2 Å². The first-order valence-corrected chi connectivity index (χ1v) is 14.3. The van der Waals surface area contributed by atoms with Crippen LogP contribution < -0.4 is 0 Å². The van der Waals surface area contributed by atoms with E-state index in [0.29, 0.717) is 10.8 Å². The van der Waals surface area contributed by atoms with E-state index < -0.39 is 0 Å². The lowest BCUT2D eigenvalue weighted by atomic mass is 9.62. The predicted octanol–water partition coefficient (Wildman–Crippen LogP) is 8.78. The van der Waals surface area contributed by atoms with E-state index in [9.17, 15) is 10.2 Å². The average Bonchev–Trinajstić information content (AvgIpc) is 2.67. The van der Waals surface area contributed by atoms with Gasteiger partial charge in [0.1, 0.15) is 0 Å². The molecule has 0 aromatic rings. The molecular formula is C30H60O2. The Morgan fingerprint density at radius 2 is 1.00 bits per heavy atom. The highest BCUT2D eigenvalue weighted by Gasteiger charge is 2.37. The van der Waals surface area contributed by atoms with Gasteiger partial charge in [0.05, 0.1) is 12.2 Å². The zero-order valence-corrected chi connectivity index (χ0v) is 23.3. The molecule has 2 nitrogen and oxygen atoms in total. The van der Waals surface area contributed by atoms with Crippen molar-refractivity contribution in [2.75, 3.05) is 0 Å². The van der Waals surface area contributed by atoms with Crippen LogP contribution in [0.4, 0.5) is 0 Å². The summed E-state index contributed by atoms with van der Waals surface area (Å²) in [7, 11) is 0. The number of aliphatic hydroxyl groups is 2. The summed E-state index contributed by atoms with van der Waals surface area (Å²) >= 11 is 0. The maximum Gasteiger partial charge on any atom is 0.0540 e. The lowest BCUT2D eigenvalue weighted by Crippen LogP contribution is -2.34. The van der Waals surface area contributed by atoms with E-state index in [1.54, 1.807) is 0 Å². The molecule has 4 unspecified atom stereocenters. The van der Waals surface area contributed by atoms with Crippen molar-refractivity contribution in [2.45, 2.75) is 157 Å². The quantitative estimate of drug-likeness (QED) is 0.347. The second kappa shape index (κ2) is 14.3. The summed E-state index contributed by atoms with van der Waals surface area (Å²) < 4.78 is 0.